The third-order valence-corrected chi connectivity index (χ3v) is 4.67. The van der Waals surface area contributed by atoms with Crippen molar-refractivity contribution >= 4 is 11.5 Å². The Morgan fingerprint density at radius 2 is 1.91 bits per heavy atom. The Balaban J connectivity index is 2.13. The van der Waals surface area contributed by atoms with Crippen LogP contribution in [0.25, 0.3) is 0 Å². The summed E-state index contributed by atoms with van der Waals surface area (Å²) in [5.74, 6) is 0.00200. The van der Waals surface area contributed by atoms with Crippen molar-refractivity contribution < 1.29 is 18.6 Å². The van der Waals surface area contributed by atoms with E-state index < -0.39 is 11.9 Å². The van der Waals surface area contributed by atoms with Crippen LogP contribution in [0.2, 0.25) is 0 Å². The molecule has 9 heteroatoms. The Bertz CT molecular complexity index is 1110. The molecular formula is C24H28FN5O3. The molecule has 1 heterocycles. The molecule has 0 radical (unpaired) electrons. The average molecular weight is 454 g/mol. The number of anilines is 1. The molecule has 4 N–H and O–H groups in total. The number of nitrogens with one attached hydrogen (secondary N) is 2. The van der Waals surface area contributed by atoms with Crippen molar-refractivity contribution in [3.8, 4) is 17.5 Å². The zero-order valence-electron chi connectivity index (χ0n) is 19.1. The van der Waals surface area contributed by atoms with Gasteiger partial charge in [0.15, 0.2) is 11.6 Å². The zero-order chi connectivity index (χ0) is 24.0. The number of amidine groups is 1. The van der Waals surface area contributed by atoms with E-state index in [-0.39, 0.29) is 29.3 Å². The average Bonchev–Trinajstić information content (AvgIpc) is 2.80. The highest BCUT2D eigenvalue weighted by atomic mass is 19.1. The summed E-state index contributed by atoms with van der Waals surface area (Å²) in [6, 6.07) is 11.2. The van der Waals surface area contributed by atoms with Crippen LogP contribution in [0.15, 0.2) is 48.7 Å². The van der Waals surface area contributed by atoms with E-state index in [0.717, 1.165) is 0 Å². The molecule has 0 aliphatic heterocycles. The highest BCUT2D eigenvalue weighted by Gasteiger charge is 2.25. The number of halogens is 1. The van der Waals surface area contributed by atoms with Crippen molar-refractivity contribution in [2.45, 2.75) is 32.9 Å². The van der Waals surface area contributed by atoms with E-state index in [9.17, 15) is 0 Å². The lowest BCUT2D eigenvalue weighted by Crippen LogP contribution is -2.18. The molecule has 0 fully saturated rings. The highest BCUT2D eigenvalue weighted by Crippen LogP contribution is 2.36. The van der Waals surface area contributed by atoms with E-state index in [1.54, 1.807) is 48.7 Å². The summed E-state index contributed by atoms with van der Waals surface area (Å²) in [5, 5.41) is 10.9. The van der Waals surface area contributed by atoms with Gasteiger partial charge in [0.05, 0.1) is 31.6 Å². The minimum atomic E-state index is -0.722. The number of benzene rings is 2. The molecule has 1 aromatic heterocycles. The highest BCUT2D eigenvalue weighted by molar-refractivity contribution is 5.95. The molecule has 3 rings (SSSR count). The second kappa shape index (κ2) is 10.6. The minimum Gasteiger partial charge on any atom is -0.494 e. The van der Waals surface area contributed by atoms with Crippen LogP contribution in [0.3, 0.4) is 0 Å². The largest absolute Gasteiger partial charge is 0.494 e. The molecule has 0 spiro atoms. The van der Waals surface area contributed by atoms with Crippen LogP contribution in [-0.2, 0) is 0 Å². The van der Waals surface area contributed by atoms with Gasteiger partial charge in [-0.25, -0.2) is 9.37 Å². The Morgan fingerprint density at radius 3 is 2.52 bits per heavy atom. The number of ether oxygens (including phenoxy) is 3. The van der Waals surface area contributed by atoms with E-state index in [4.69, 9.17) is 25.4 Å². The summed E-state index contributed by atoms with van der Waals surface area (Å²) in [4.78, 5) is 8.48. The van der Waals surface area contributed by atoms with Crippen molar-refractivity contribution in [3.05, 3.63) is 71.3 Å². The first-order valence-electron chi connectivity index (χ1n) is 10.5. The van der Waals surface area contributed by atoms with Crippen LogP contribution in [0.1, 0.15) is 43.6 Å². The molecular weight excluding hydrogens is 425 g/mol. The smallest absolute Gasteiger partial charge is 0.316 e. The maximum atomic E-state index is 15.7. The third-order valence-electron chi connectivity index (χ3n) is 4.67. The molecule has 33 heavy (non-hydrogen) atoms. The summed E-state index contributed by atoms with van der Waals surface area (Å²) in [6.07, 6.45) is 1.32. The molecule has 3 aromatic rings. The van der Waals surface area contributed by atoms with Gasteiger partial charge >= 0.3 is 6.01 Å². The van der Waals surface area contributed by atoms with Crippen LogP contribution < -0.4 is 25.3 Å². The van der Waals surface area contributed by atoms with Gasteiger partial charge in [-0.2, -0.15) is 4.98 Å². The third kappa shape index (κ3) is 5.88. The summed E-state index contributed by atoms with van der Waals surface area (Å²) in [5.41, 5.74) is 7.58. The summed E-state index contributed by atoms with van der Waals surface area (Å²) >= 11 is 0. The molecule has 8 nitrogen and oxygen atoms in total. The number of hydrogen-bond acceptors (Lipinski definition) is 7. The van der Waals surface area contributed by atoms with Crippen LogP contribution in [0.4, 0.5) is 10.1 Å². The summed E-state index contributed by atoms with van der Waals surface area (Å²) in [7, 11) is 1.47. The van der Waals surface area contributed by atoms with Gasteiger partial charge in [-0.05, 0) is 57.2 Å². The topological polar surface area (TPSA) is 115 Å². The lowest BCUT2D eigenvalue weighted by Gasteiger charge is -2.23. The Labute approximate surface area is 192 Å². The van der Waals surface area contributed by atoms with E-state index in [0.29, 0.717) is 29.3 Å². The molecule has 0 aliphatic rings. The van der Waals surface area contributed by atoms with Gasteiger partial charge in [0.2, 0.25) is 0 Å². The van der Waals surface area contributed by atoms with E-state index >= 15 is 4.39 Å². The maximum Gasteiger partial charge on any atom is 0.316 e. The van der Waals surface area contributed by atoms with Crippen LogP contribution >= 0.6 is 0 Å². The van der Waals surface area contributed by atoms with Crippen molar-refractivity contribution in [3.63, 3.8) is 0 Å². The number of aromatic nitrogens is 2. The predicted octanol–water partition coefficient (Wildman–Crippen LogP) is 4.30. The van der Waals surface area contributed by atoms with E-state index in [2.05, 4.69) is 15.3 Å². The Kier molecular flexibility index (Phi) is 7.66. The number of nitrogens with zero attached hydrogens (tertiary/aromatic N) is 2. The van der Waals surface area contributed by atoms with Gasteiger partial charge in [-0.1, -0.05) is 0 Å². The second-order valence-electron chi connectivity index (χ2n) is 7.46. The fourth-order valence-corrected chi connectivity index (χ4v) is 3.23. The predicted molar refractivity (Wildman–Crippen MR) is 125 cm³/mol. The molecule has 1 atom stereocenters. The molecule has 0 amide bonds. The number of hydrogen-bond donors (Lipinski definition) is 3. The molecule has 1 unspecified atom stereocenters. The van der Waals surface area contributed by atoms with Gasteiger partial charge in [-0.15, -0.1) is 0 Å². The minimum absolute atomic E-state index is 0.0374. The first-order chi connectivity index (χ1) is 15.8. The lowest BCUT2D eigenvalue weighted by atomic mass is 10.0. The SMILES string of the molecule is CCOc1cc(OC(C)C)c(F)c(C(Nc2ccc(C(=N)N)cc2)c2ccnc(OC)n2)c1. The molecule has 0 saturated heterocycles. The normalized spacial score (nSPS) is 11.7. The second-order valence-corrected chi connectivity index (χ2v) is 7.46. The lowest BCUT2D eigenvalue weighted by molar-refractivity contribution is 0.228. The number of nitrogen functional groups attached to an aromatic ring is 1. The van der Waals surface area contributed by atoms with Crippen LogP contribution in [0.5, 0.6) is 17.5 Å². The summed E-state index contributed by atoms with van der Waals surface area (Å²) in [6.45, 7) is 5.92. The van der Waals surface area contributed by atoms with Crippen molar-refractivity contribution in [2.75, 3.05) is 19.0 Å². The van der Waals surface area contributed by atoms with Gasteiger partial charge < -0.3 is 25.3 Å². The monoisotopic (exact) mass is 453 g/mol. The first kappa shape index (κ1) is 23.8. The Hall–Kier alpha value is -3.88. The van der Waals surface area contributed by atoms with Crippen molar-refractivity contribution in [1.82, 2.24) is 9.97 Å². The fourth-order valence-electron chi connectivity index (χ4n) is 3.23. The quantitative estimate of drug-likeness (QED) is 0.310. The van der Waals surface area contributed by atoms with Crippen LogP contribution in [0, 0.1) is 11.2 Å². The molecule has 0 bridgehead atoms. The number of methoxy groups -OCH3 is 1. The molecule has 2 aromatic carbocycles. The van der Waals surface area contributed by atoms with Crippen molar-refractivity contribution in [1.29, 1.82) is 5.41 Å². The maximum absolute atomic E-state index is 15.7. The van der Waals surface area contributed by atoms with Crippen LogP contribution in [-0.4, -0.2) is 35.6 Å². The zero-order valence-corrected chi connectivity index (χ0v) is 19.1. The first-order valence-corrected chi connectivity index (χ1v) is 10.5. The number of rotatable bonds is 10. The molecule has 174 valence electrons. The summed E-state index contributed by atoms with van der Waals surface area (Å²) < 4.78 is 32.3. The van der Waals surface area contributed by atoms with Gasteiger partial charge in [0.1, 0.15) is 11.6 Å². The number of nitrogens with two attached hydrogens (primary N) is 1. The van der Waals surface area contributed by atoms with E-state index in [1.807, 2.05) is 20.8 Å². The van der Waals surface area contributed by atoms with Crippen molar-refractivity contribution in [2.24, 2.45) is 5.73 Å². The van der Waals surface area contributed by atoms with Gasteiger partial charge in [-0.3, -0.25) is 5.41 Å². The Morgan fingerprint density at radius 1 is 1.18 bits per heavy atom. The van der Waals surface area contributed by atoms with Gasteiger partial charge in [0, 0.05) is 29.1 Å². The fraction of sp³-hybridized carbons (Fsp3) is 0.292. The van der Waals surface area contributed by atoms with Gasteiger partial charge in [0.25, 0.3) is 0 Å². The molecule has 0 aliphatic carbocycles. The standard InChI is InChI=1S/C24H28FN5O3/c1-5-32-17-12-18(21(25)20(13-17)33-14(2)3)22(19-10-11-28-24(30-19)31-4)29-16-8-6-15(7-9-16)23(26)27/h6-14,22,29H,5H2,1-4H3,(H3,26,27). The molecule has 0 saturated carbocycles. The van der Waals surface area contributed by atoms with E-state index in [1.165, 1.54) is 7.11 Å².